The van der Waals surface area contributed by atoms with Crippen LogP contribution in [0.2, 0.25) is 0 Å². The average molecular weight is 805 g/mol. The molecule has 6 rings (SSSR count). The van der Waals surface area contributed by atoms with E-state index in [9.17, 15) is 0 Å². The summed E-state index contributed by atoms with van der Waals surface area (Å²) in [7, 11) is 0. The van der Waals surface area contributed by atoms with E-state index < -0.39 is 0 Å². The molecule has 5 aromatic carbocycles. The van der Waals surface area contributed by atoms with Crippen LogP contribution in [0.25, 0.3) is 11.6 Å². The minimum atomic E-state index is 0.193. The minimum Gasteiger partial charge on any atom is -0.318 e. The van der Waals surface area contributed by atoms with Gasteiger partial charge in [0.15, 0.2) is 0 Å². The molecule has 2 nitrogen and oxygen atoms in total. The Morgan fingerprint density at radius 3 is 1.89 bits per heavy atom. The zero-order valence-electron chi connectivity index (χ0n) is 35.6. The van der Waals surface area contributed by atoms with Gasteiger partial charge in [0.1, 0.15) is 0 Å². The number of nitrogens with zero attached hydrogens (tertiary/aromatic N) is 2. The Kier molecular flexibility index (Phi) is 16.4. The fourth-order valence-corrected chi connectivity index (χ4v) is 7.12. The second kappa shape index (κ2) is 23.2. The summed E-state index contributed by atoms with van der Waals surface area (Å²) in [5.74, 6) is 0.565. The summed E-state index contributed by atoms with van der Waals surface area (Å²) in [5.41, 5.74) is 11.1. The van der Waals surface area contributed by atoms with Gasteiger partial charge >= 0.3 is 0 Å². The molecule has 0 amide bonds. The first-order valence-corrected chi connectivity index (χ1v) is 21.1. The van der Waals surface area contributed by atoms with Gasteiger partial charge in [-0.3, -0.25) is 0 Å². The monoisotopic (exact) mass is 804 g/mol. The predicted octanol–water partition coefficient (Wildman–Crippen LogP) is 16.0. The Morgan fingerprint density at radius 1 is 0.629 bits per heavy atom. The van der Waals surface area contributed by atoms with Crippen molar-refractivity contribution in [1.82, 2.24) is 0 Å². The van der Waals surface area contributed by atoms with E-state index in [1.165, 1.54) is 11.1 Å². The molecule has 0 aromatic heterocycles. The molecule has 2 heteroatoms. The molecule has 0 spiro atoms. The van der Waals surface area contributed by atoms with Gasteiger partial charge in [-0.15, -0.1) is 6.58 Å². The Bertz CT molecular complexity index is 2520. The van der Waals surface area contributed by atoms with Crippen LogP contribution in [0.1, 0.15) is 46.9 Å². The van der Waals surface area contributed by atoms with Gasteiger partial charge in [0, 0.05) is 47.0 Å². The quantitative estimate of drug-likeness (QED) is 0.0571. The molecule has 1 aliphatic rings. The van der Waals surface area contributed by atoms with E-state index in [-0.39, 0.29) is 5.92 Å². The molecule has 0 bridgehead atoms. The number of para-hydroxylation sites is 1. The standard InChI is InChI=1S/C60H56N2/c1-6-8-27-58(55-32-20-12-21-33-55)47-62(59-35-22-13-23-36-59)50(5)38-37-48(3)57(46-51-25-14-9-15-26-51)40-39-49(4)61(45-24-34-52(7-2)53-28-16-10-17-29-53)60-43-41-56(42-44-60)54-30-18-11-19-31-54/h6-30,32-33,35-47,52,54H,1-5,31,34H2/b27-8-,38-37-,40-39-,45-24+,57-46-,58-47-. The molecule has 0 aliphatic heterocycles. The maximum atomic E-state index is 4.60. The summed E-state index contributed by atoms with van der Waals surface area (Å²) in [6.07, 6.45) is 35.2. The maximum absolute atomic E-state index is 4.60. The summed E-state index contributed by atoms with van der Waals surface area (Å²) in [5, 5.41) is 0. The smallest absolute Gasteiger partial charge is 0.0455 e. The fourth-order valence-electron chi connectivity index (χ4n) is 7.12. The Morgan fingerprint density at radius 2 is 1.24 bits per heavy atom. The van der Waals surface area contributed by atoms with E-state index in [4.69, 9.17) is 0 Å². The zero-order valence-corrected chi connectivity index (χ0v) is 35.6. The highest BCUT2D eigenvalue weighted by molar-refractivity contribution is 5.78. The number of benzene rings is 5. The van der Waals surface area contributed by atoms with E-state index in [0.717, 1.165) is 63.5 Å². The molecule has 5 aromatic rings. The minimum absolute atomic E-state index is 0.193. The molecule has 0 fully saturated rings. The second-order valence-corrected chi connectivity index (χ2v) is 14.9. The molecular weight excluding hydrogens is 749 g/mol. The van der Waals surface area contributed by atoms with E-state index in [1.807, 2.05) is 85.0 Å². The molecule has 62 heavy (non-hydrogen) atoms. The second-order valence-electron chi connectivity index (χ2n) is 14.9. The molecule has 0 saturated carbocycles. The van der Waals surface area contributed by atoms with Crippen molar-refractivity contribution >= 4 is 23.0 Å². The van der Waals surface area contributed by atoms with Crippen molar-refractivity contribution in [3.63, 3.8) is 0 Å². The average Bonchev–Trinajstić information content (AvgIpc) is 3.33. The van der Waals surface area contributed by atoms with Gasteiger partial charge < -0.3 is 9.80 Å². The van der Waals surface area contributed by atoms with E-state index in [2.05, 4.69) is 195 Å². The maximum Gasteiger partial charge on any atom is 0.0455 e. The number of hydrogen-bond acceptors (Lipinski definition) is 2. The molecule has 306 valence electrons. The topological polar surface area (TPSA) is 6.48 Å². The van der Waals surface area contributed by atoms with Crippen LogP contribution in [0.4, 0.5) is 11.4 Å². The Labute approximate surface area is 370 Å². The number of anilines is 2. The molecule has 2 atom stereocenters. The van der Waals surface area contributed by atoms with Crippen LogP contribution in [0.15, 0.2) is 292 Å². The normalized spacial score (nSPS) is 14.7. The highest BCUT2D eigenvalue weighted by Crippen LogP contribution is 2.30. The van der Waals surface area contributed by atoms with Gasteiger partial charge in [-0.05, 0) is 94.3 Å². The first-order valence-electron chi connectivity index (χ1n) is 21.1. The van der Waals surface area contributed by atoms with Crippen molar-refractivity contribution in [3.8, 4) is 0 Å². The first-order chi connectivity index (χ1) is 30.4. The van der Waals surface area contributed by atoms with Crippen molar-refractivity contribution in [2.75, 3.05) is 9.80 Å². The highest BCUT2D eigenvalue weighted by atomic mass is 15.1. The third kappa shape index (κ3) is 12.7. The molecule has 0 radical (unpaired) electrons. The van der Waals surface area contributed by atoms with Crippen molar-refractivity contribution in [1.29, 1.82) is 0 Å². The van der Waals surface area contributed by atoms with Gasteiger partial charge in [-0.1, -0.05) is 214 Å². The van der Waals surface area contributed by atoms with Gasteiger partial charge in [-0.2, -0.15) is 0 Å². The fraction of sp³-hybridized carbons (Fsp3) is 0.0667. The summed E-state index contributed by atoms with van der Waals surface area (Å²) in [6.45, 7) is 21.7. The van der Waals surface area contributed by atoms with E-state index in [1.54, 1.807) is 6.08 Å². The number of allylic oxidation sites excluding steroid dienone is 16. The number of hydrogen-bond donors (Lipinski definition) is 0. The molecule has 0 saturated heterocycles. The van der Waals surface area contributed by atoms with Crippen molar-refractivity contribution in [3.05, 3.63) is 315 Å². The predicted molar refractivity (Wildman–Crippen MR) is 270 cm³/mol. The lowest BCUT2D eigenvalue weighted by atomic mass is 9.92. The lowest BCUT2D eigenvalue weighted by Crippen LogP contribution is -2.14. The zero-order chi connectivity index (χ0) is 43.4. The SMILES string of the molecule is C=C/C=C\C(=C\N(C(=C)/C=C\C(=C)C(/C=C\C(=C)N(/C=C/CC(C=C)c1ccccc1)c1ccc(C2C=CC=CC2)cc1)=C\c1ccccc1)c1ccccc1)c1ccccc1. The van der Waals surface area contributed by atoms with Crippen LogP contribution in [0.5, 0.6) is 0 Å². The van der Waals surface area contributed by atoms with Gasteiger partial charge in [0.05, 0.1) is 0 Å². The van der Waals surface area contributed by atoms with Crippen LogP contribution in [0, 0.1) is 0 Å². The van der Waals surface area contributed by atoms with Gasteiger partial charge in [0.2, 0.25) is 0 Å². The third-order valence-corrected chi connectivity index (χ3v) is 10.6. The van der Waals surface area contributed by atoms with Crippen LogP contribution in [-0.2, 0) is 0 Å². The molecule has 2 unspecified atom stereocenters. The third-order valence-electron chi connectivity index (χ3n) is 10.6. The van der Waals surface area contributed by atoms with Crippen molar-refractivity contribution in [2.24, 2.45) is 0 Å². The van der Waals surface area contributed by atoms with Gasteiger partial charge in [0.25, 0.3) is 0 Å². The lowest BCUT2D eigenvalue weighted by Gasteiger charge is -2.23. The molecule has 1 aliphatic carbocycles. The van der Waals surface area contributed by atoms with Crippen LogP contribution >= 0.6 is 0 Å². The molecule has 0 heterocycles. The molecular formula is C60H56N2. The van der Waals surface area contributed by atoms with Crippen molar-refractivity contribution in [2.45, 2.75) is 24.7 Å². The highest BCUT2D eigenvalue weighted by Gasteiger charge is 2.13. The first kappa shape index (κ1) is 43.9. The van der Waals surface area contributed by atoms with Crippen LogP contribution in [0.3, 0.4) is 0 Å². The summed E-state index contributed by atoms with van der Waals surface area (Å²) < 4.78 is 0. The molecule has 0 N–H and O–H groups in total. The van der Waals surface area contributed by atoms with Crippen LogP contribution in [-0.4, -0.2) is 0 Å². The van der Waals surface area contributed by atoms with E-state index >= 15 is 0 Å². The Balaban J connectivity index is 1.30. The lowest BCUT2D eigenvalue weighted by molar-refractivity contribution is 0.853. The summed E-state index contributed by atoms with van der Waals surface area (Å²) >= 11 is 0. The number of rotatable bonds is 20. The summed E-state index contributed by atoms with van der Waals surface area (Å²) in [4.78, 5) is 4.25. The van der Waals surface area contributed by atoms with Crippen LogP contribution < -0.4 is 9.80 Å². The van der Waals surface area contributed by atoms with E-state index in [0.29, 0.717) is 5.92 Å². The van der Waals surface area contributed by atoms with Crippen molar-refractivity contribution < 1.29 is 0 Å². The largest absolute Gasteiger partial charge is 0.318 e. The summed E-state index contributed by atoms with van der Waals surface area (Å²) in [6, 6.07) is 50.2. The van der Waals surface area contributed by atoms with Gasteiger partial charge in [-0.25, -0.2) is 0 Å². The Hall–Kier alpha value is -7.68.